The molecular weight excluding hydrogens is 392 g/mol. The van der Waals surface area contributed by atoms with E-state index < -0.39 is 16.0 Å². The van der Waals surface area contributed by atoms with Crippen molar-refractivity contribution in [1.82, 2.24) is 4.31 Å². The highest BCUT2D eigenvalue weighted by atomic mass is 32.2. The zero-order valence-electron chi connectivity index (χ0n) is 16.2. The summed E-state index contributed by atoms with van der Waals surface area (Å²) < 4.78 is 38.3. The number of benzene rings is 2. The molecule has 0 bridgehead atoms. The molecule has 0 aliphatic carbocycles. The second-order valence-electron chi connectivity index (χ2n) is 6.95. The Balaban J connectivity index is 1.76. The van der Waals surface area contributed by atoms with Gasteiger partial charge < -0.3 is 9.47 Å². The van der Waals surface area contributed by atoms with Crippen LogP contribution in [0.15, 0.2) is 53.4 Å². The Morgan fingerprint density at radius 3 is 2.55 bits per heavy atom. The molecule has 1 aliphatic heterocycles. The third-order valence-corrected chi connectivity index (χ3v) is 6.42. The molecule has 8 heteroatoms. The van der Waals surface area contributed by atoms with Crippen molar-refractivity contribution in [1.29, 1.82) is 5.26 Å². The number of esters is 1. The van der Waals surface area contributed by atoms with Crippen LogP contribution in [0.3, 0.4) is 0 Å². The van der Waals surface area contributed by atoms with Crippen molar-refractivity contribution in [2.24, 2.45) is 0 Å². The Bertz CT molecular complexity index is 1040. The molecular formula is C21H22N2O5S. The number of nitrogens with zero attached hydrogens (tertiary/aromatic N) is 2. The van der Waals surface area contributed by atoms with E-state index in [0.29, 0.717) is 11.1 Å². The van der Waals surface area contributed by atoms with Crippen LogP contribution in [0.4, 0.5) is 0 Å². The highest BCUT2D eigenvalue weighted by Crippen LogP contribution is 2.22. The standard InChI is InChI=1S/C21H22N2O5S/c1-15-12-23(13-16(2)28-15)29(25,26)20-9-5-8-17(10-20)21(24)27-14-19-7-4-3-6-18(19)11-22/h3-10,15-16H,12-14H2,1-2H3/t15-,16-/m1/s1. The molecule has 0 aromatic heterocycles. The average Bonchev–Trinajstić information content (AvgIpc) is 2.71. The Morgan fingerprint density at radius 2 is 1.86 bits per heavy atom. The van der Waals surface area contributed by atoms with E-state index in [0.717, 1.165) is 0 Å². The summed E-state index contributed by atoms with van der Waals surface area (Å²) in [6.07, 6.45) is -0.413. The van der Waals surface area contributed by atoms with Crippen LogP contribution in [0, 0.1) is 11.3 Å². The van der Waals surface area contributed by atoms with Crippen molar-refractivity contribution < 1.29 is 22.7 Å². The molecule has 0 spiro atoms. The van der Waals surface area contributed by atoms with Crippen LogP contribution >= 0.6 is 0 Å². The van der Waals surface area contributed by atoms with Crippen LogP contribution in [0.1, 0.15) is 35.3 Å². The number of hydrogen-bond donors (Lipinski definition) is 0. The van der Waals surface area contributed by atoms with E-state index in [2.05, 4.69) is 0 Å². The monoisotopic (exact) mass is 414 g/mol. The lowest BCUT2D eigenvalue weighted by molar-refractivity contribution is -0.0440. The molecule has 1 aliphatic rings. The summed E-state index contributed by atoms with van der Waals surface area (Å²) in [6.45, 7) is 4.09. The minimum Gasteiger partial charge on any atom is -0.457 e. The minimum atomic E-state index is -3.76. The van der Waals surface area contributed by atoms with Crippen LogP contribution in [-0.2, 0) is 26.1 Å². The van der Waals surface area contributed by atoms with Gasteiger partial charge in [0, 0.05) is 18.7 Å². The fraction of sp³-hybridized carbons (Fsp3) is 0.333. The van der Waals surface area contributed by atoms with E-state index in [1.807, 2.05) is 19.9 Å². The van der Waals surface area contributed by atoms with E-state index in [1.54, 1.807) is 24.3 Å². The van der Waals surface area contributed by atoms with Crippen LogP contribution in [-0.4, -0.2) is 44.0 Å². The number of nitriles is 1. The van der Waals surface area contributed by atoms with Crippen molar-refractivity contribution in [2.75, 3.05) is 13.1 Å². The first-order valence-corrected chi connectivity index (χ1v) is 10.7. The maximum absolute atomic E-state index is 13.0. The topological polar surface area (TPSA) is 96.7 Å². The highest BCUT2D eigenvalue weighted by molar-refractivity contribution is 7.89. The zero-order chi connectivity index (χ0) is 21.0. The van der Waals surface area contributed by atoms with Crippen LogP contribution in [0.2, 0.25) is 0 Å². The number of carbonyl (C=O) groups is 1. The molecule has 0 unspecified atom stereocenters. The predicted octanol–water partition coefficient (Wildman–Crippen LogP) is 2.71. The lowest BCUT2D eigenvalue weighted by Gasteiger charge is -2.34. The van der Waals surface area contributed by atoms with Gasteiger partial charge in [-0.1, -0.05) is 24.3 Å². The van der Waals surface area contributed by atoms with Gasteiger partial charge in [-0.15, -0.1) is 0 Å². The second-order valence-corrected chi connectivity index (χ2v) is 8.89. The Kier molecular flexibility index (Phi) is 6.33. The van der Waals surface area contributed by atoms with E-state index in [1.165, 1.54) is 28.6 Å². The number of hydrogen-bond acceptors (Lipinski definition) is 6. The first kappa shape index (κ1) is 21.0. The number of ether oxygens (including phenoxy) is 2. The molecule has 0 radical (unpaired) electrons. The molecule has 2 atom stereocenters. The van der Waals surface area contributed by atoms with E-state index >= 15 is 0 Å². The summed E-state index contributed by atoms with van der Waals surface area (Å²) in [5.74, 6) is -0.654. The van der Waals surface area contributed by atoms with Gasteiger partial charge in [-0.3, -0.25) is 0 Å². The average molecular weight is 414 g/mol. The predicted molar refractivity (Wildman–Crippen MR) is 105 cm³/mol. The maximum atomic E-state index is 13.0. The van der Waals surface area contributed by atoms with Gasteiger partial charge in [0.25, 0.3) is 0 Å². The van der Waals surface area contributed by atoms with E-state index in [-0.39, 0.29) is 42.4 Å². The molecule has 2 aromatic rings. The summed E-state index contributed by atoms with van der Waals surface area (Å²) in [5, 5.41) is 9.12. The van der Waals surface area contributed by atoms with E-state index in [4.69, 9.17) is 14.7 Å². The second kappa shape index (κ2) is 8.74. The quantitative estimate of drug-likeness (QED) is 0.698. The molecule has 152 valence electrons. The Morgan fingerprint density at radius 1 is 1.17 bits per heavy atom. The Labute approximate surface area is 170 Å². The van der Waals surface area contributed by atoms with Gasteiger partial charge in [-0.25, -0.2) is 13.2 Å². The lowest BCUT2D eigenvalue weighted by Crippen LogP contribution is -2.48. The molecule has 1 heterocycles. The molecule has 29 heavy (non-hydrogen) atoms. The summed E-state index contributed by atoms with van der Waals surface area (Å²) in [7, 11) is -3.76. The summed E-state index contributed by atoms with van der Waals surface area (Å²) in [5.41, 5.74) is 1.14. The number of carbonyl (C=O) groups excluding carboxylic acids is 1. The van der Waals surface area contributed by atoms with Crippen LogP contribution < -0.4 is 0 Å². The van der Waals surface area contributed by atoms with Crippen molar-refractivity contribution in [3.63, 3.8) is 0 Å². The van der Waals surface area contributed by atoms with E-state index in [9.17, 15) is 13.2 Å². The van der Waals surface area contributed by atoms with Gasteiger partial charge >= 0.3 is 5.97 Å². The van der Waals surface area contributed by atoms with Gasteiger partial charge in [-0.05, 0) is 38.1 Å². The van der Waals surface area contributed by atoms with Crippen molar-refractivity contribution in [3.8, 4) is 6.07 Å². The molecule has 0 amide bonds. The summed E-state index contributed by atoms with van der Waals surface area (Å²) in [4.78, 5) is 12.5. The van der Waals surface area contributed by atoms with Crippen molar-refractivity contribution in [2.45, 2.75) is 37.6 Å². The van der Waals surface area contributed by atoms with Crippen LogP contribution in [0.5, 0.6) is 0 Å². The molecule has 0 N–H and O–H groups in total. The fourth-order valence-corrected chi connectivity index (χ4v) is 4.88. The van der Waals surface area contributed by atoms with Crippen molar-refractivity contribution in [3.05, 3.63) is 65.2 Å². The third kappa shape index (κ3) is 4.82. The van der Waals surface area contributed by atoms with Gasteiger partial charge in [0.2, 0.25) is 10.0 Å². The summed E-state index contributed by atoms with van der Waals surface area (Å²) in [6, 6.07) is 14.7. The number of morpholine rings is 1. The Hall–Kier alpha value is -2.73. The zero-order valence-corrected chi connectivity index (χ0v) is 17.1. The minimum absolute atomic E-state index is 0.0330. The highest BCUT2D eigenvalue weighted by Gasteiger charge is 2.32. The normalized spacial score (nSPS) is 20.0. The summed E-state index contributed by atoms with van der Waals surface area (Å²) >= 11 is 0. The lowest BCUT2D eigenvalue weighted by atomic mass is 10.1. The largest absolute Gasteiger partial charge is 0.457 e. The van der Waals surface area contributed by atoms with Gasteiger partial charge in [0.1, 0.15) is 6.61 Å². The van der Waals surface area contributed by atoms with Crippen LogP contribution in [0.25, 0.3) is 0 Å². The maximum Gasteiger partial charge on any atom is 0.338 e. The van der Waals surface area contributed by atoms with Gasteiger partial charge in [0.05, 0.1) is 34.3 Å². The number of sulfonamides is 1. The SMILES string of the molecule is C[C@@H]1CN(S(=O)(=O)c2cccc(C(=O)OCc3ccccc3C#N)c2)C[C@@H](C)O1. The van der Waals surface area contributed by atoms with Gasteiger partial charge in [-0.2, -0.15) is 9.57 Å². The first-order chi connectivity index (χ1) is 13.8. The fourth-order valence-electron chi connectivity index (χ4n) is 3.24. The molecule has 7 nitrogen and oxygen atoms in total. The molecule has 1 saturated heterocycles. The number of rotatable bonds is 5. The molecule has 1 fully saturated rings. The van der Waals surface area contributed by atoms with Crippen molar-refractivity contribution >= 4 is 16.0 Å². The molecule has 2 aromatic carbocycles. The van der Waals surface area contributed by atoms with Gasteiger partial charge in [0.15, 0.2) is 0 Å². The first-order valence-electron chi connectivity index (χ1n) is 9.22. The third-order valence-electron chi connectivity index (χ3n) is 4.59. The molecule has 3 rings (SSSR count). The smallest absolute Gasteiger partial charge is 0.338 e. The molecule has 0 saturated carbocycles.